The summed E-state index contributed by atoms with van der Waals surface area (Å²) in [4.78, 5) is 0. The highest BCUT2D eigenvalue weighted by Crippen LogP contribution is 1.87. The van der Waals surface area contributed by atoms with Crippen LogP contribution >= 0.6 is 0 Å². The smallest absolute Gasteiger partial charge is 0.264 e. The zero-order valence-corrected chi connectivity index (χ0v) is 5.43. The molecule has 0 aliphatic carbocycles. The van der Waals surface area contributed by atoms with E-state index in [2.05, 4.69) is 20.7 Å². The third kappa shape index (κ3) is 15.7. The molecule has 0 saturated heterocycles. The molecule has 0 aromatic rings. The highest BCUT2D eigenvalue weighted by Gasteiger charge is 1.84. The van der Waals surface area contributed by atoms with E-state index in [0.717, 1.165) is 0 Å². The van der Waals surface area contributed by atoms with Crippen LogP contribution in [-0.2, 0) is 10.4 Å². The summed E-state index contributed by atoms with van der Waals surface area (Å²) < 4.78 is 31.6. The minimum atomic E-state index is -4.67. The van der Waals surface area contributed by atoms with Crippen LogP contribution < -0.4 is 0 Å². The van der Waals surface area contributed by atoms with E-state index in [1.807, 2.05) is 0 Å². The monoisotopic (exact) mass is 168 g/mol. The van der Waals surface area contributed by atoms with E-state index < -0.39 is 10.4 Å². The molecule has 58 valence electrons. The Morgan fingerprint density at radius 2 is 1.40 bits per heavy atom. The van der Waals surface area contributed by atoms with Gasteiger partial charge >= 0.3 is 10.4 Å². The third-order valence-corrected chi connectivity index (χ3v) is 0.293. The van der Waals surface area contributed by atoms with Crippen molar-refractivity contribution < 1.29 is 17.5 Å². The van der Waals surface area contributed by atoms with E-state index in [0.29, 0.717) is 6.67 Å². The van der Waals surface area contributed by atoms with E-state index in [-0.39, 0.29) is 0 Å². The van der Waals surface area contributed by atoms with Gasteiger partial charge in [-0.05, 0) is 10.4 Å². The van der Waals surface area contributed by atoms with Crippen LogP contribution in [0.15, 0.2) is 20.7 Å². The van der Waals surface area contributed by atoms with Crippen LogP contribution in [0, 0.1) is 0 Å². The van der Waals surface area contributed by atoms with E-state index in [9.17, 15) is 0 Å². The maximum absolute atomic E-state index is 8.74. The number of hydrogen-bond acceptors (Lipinski definition) is 6. The first kappa shape index (κ1) is 9.07. The van der Waals surface area contributed by atoms with Crippen molar-refractivity contribution in [2.75, 3.05) is 6.67 Å². The average Bonchev–Trinajstić information content (AvgIpc) is 2.07. The van der Waals surface area contributed by atoms with Gasteiger partial charge in [0.1, 0.15) is 0 Å². The van der Waals surface area contributed by atoms with Gasteiger partial charge < -0.3 is 0 Å². The second-order valence-electron chi connectivity index (χ2n) is 1.05. The number of hydrogen-bond donors (Lipinski definition) is 2. The summed E-state index contributed by atoms with van der Waals surface area (Å²) in [7, 11) is -4.67. The molecule has 8 nitrogen and oxygen atoms in total. The van der Waals surface area contributed by atoms with Gasteiger partial charge in [-0.1, -0.05) is 0 Å². The molecular weight excluding hydrogens is 164 g/mol. The summed E-state index contributed by atoms with van der Waals surface area (Å²) in [5.41, 5.74) is 0. The zero-order valence-electron chi connectivity index (χ0n) is 4.62. The van der Waals surface area contributed by atoms with Gasteiger partial charge in [0, 0.05) is 0 Å². The van der Waals surface area contributed by atoms with Gasteiger partial charge in [0.15, 0.2) is 6.67 Å². The summed E-state index contributed by atoms with van der Waals surface area (Å²) in [6.45, 7) is 0.417. The zero-order chi connectivity index (χ0) is 8.04. The average molecular weight is 168 g/mol. The predicted molar refractivity (Wildman–Crippen MR) is 28.8 cm³/mol. The van der Waals surface area contributed by atoms with Crippen molar-refractivity contribution in [1.82, 2.24) is 0 Å². The molecule has 0 unspecified atom stereocenters. The Kier molecular flexibility index (Phi) is 3.61. The number of rotatable bonds is 0. The van der Waals surface area contributed by atoms with Crippen LogP contribution in [-0.4, -0.2) is 24.2 Å². The SMILES string of the molecule is C1N=NN=N1.O=S(=O)(O)O. The van der Waals surface area contributed by atoms with Gasteiger partial charge in [0.2, 0.25) is 0 Å². The van der Waals surface area contributed by atoms with Crippen molar-refractivity contribution in [3.05, 3.63) is 0 Å². The highest BCUT2D eigenvalue weighted by atomic mass is 32.3. The predicted octanol–water partition coefficient (Wildman–Crippen LogP) is 0.124. The molecule has 0 atom stereocenters. The molecule has 0 aromatic heterocycles. The van der Waals surface area contributed by atoms with E-state index in [4.69, 9.17) is 17.5 Å². The fraction of sp³-hybridized carbons (Fsp3) is 1.00. The molecule has 1 aliphatic heterocycles. The van der Waals surface area contributed by atoms with Gasteiger partial charge in [-0.3, -0.25) is 9.11 Å². The maximum Gasteiger partial charge on any atom is 0.394 e. The first-order valence-corrected chi connectivity index (χ1v) is 3.33. The first-order chi connectivity index (χ1) is 4.50. The summed E-state index contributed by atoms with van der Waals surface area (Å²) in [6.07, 6.45) is 0. The normalized spacial score (nSPS) is 14.6. The molecule has 0 radical (unpaired) electrons. The molecule has 1 aliphatic rings. The Morgan fingerprint density at radius 3 is 1.50 bits per heavy atom. The fourth-order valence-corrected chi connectivity index (χ4v) is 0.141. The van der Waals surface area contributed by atoms with Crippen LogP contribution in [0.1, 0.15) is 0 Å². The topological polar surface area (TPSA) is 124 Å². The summed E-state index contributed by atoms with van der Waals surface area (Å²) >= 11 is 0. The highest BCUT2D eigenvalue weighted by molar-refractivity contribution is 7.79. The minimum Gasteiger partial charge on any atom is -0.264 e. The molecular formula is CH4N4O4S. The quantitative estimate of drug-likeness (QED) is 0.498. The Hall–Kier alpha value is -0.930. The van der Waals surface area contributed by atoms with Gasteiger partial charge in [0.25, 0.3) is 0 Å². The summed E-state index contributed by atoms with van der Waals surface area (Å²) in [6, 6.07) is 0. The van der Waals surface area contributed by atoms with Crippen molar-refractivity contribution in [1.29, 1.82) is 0 Å². The largest absolute Gasteiger partial charge is 0.394 e. The molecule has 1 rings (SSSR count). The van der Waals surface area contributed by atoms with Gasteiger partial charge in [0.05, 0.1) is 0 Å². The van der Waals surface area contributed by atoms with Gasteiger partial charge in [-0.15, -0.1) is 10.2 Å². The lowest BCUT2D eigenvalue weighted by Gasteiger charge is -1.68. The molecule has 1 heterocycles. The maximum atomic E-state index is 8.74. The molecule has 10 heavy (non-hydrogen) atoms. The summed E-state index contributed by atoms with van der Waals surface area (Å²) in [5, 5.41) is 13.1. The fourth-order valence-electron chi connectivity index (χ4n) is 0.141. The summed E-state index contributed by atoms with van der Waals surface area (Å²) in [5.74, 6) is 0. The molecule has 0 aromatic carbocycles. The van der Waals surface area contributed by atoms with Crippen molar-refractivity contribution in [2.24, 2.45) is 20.7 Å². The van der Waals surface area contributed by atoms with Crippen molar-refractivity contribution >= 4 is 10.4 Å². The molecule has 2 N–H and O–H groups in total. The van der Waals surface area contributed by atoms with Crippen molar-refractivity contribution in [2.45, 2.75) is 0 Å². The molecule has 0 amide bonds. The van der Waals surface area contributed by atoms with Crippen molar-refractivity contribution in [3.63, 3.8) is 0 Å². The van der Waals surface area contributed by atoms with Gasteiger partial charge in [-0.2, -0.15) is 8.42 Å². The lowest BCUT2D eigenvalue weighted by Crippen LogP contribution is -1.89. The van der Waals surface area contributed by atoms with E-state index in [1.165, 1.54) is 0 Å². The molecule has 0 spiro atoms. The Morgan fingerprint density at radius 1 is 1.10 bits per heavy atom. The Balaban J connectivity index is 0.000000162. The third-order valence-electron chi connectivity index (χ3n) is 0.293. The molecule has 9 heteroatoms. The first-order valence-electron chi connectivity index (χ1n) is 1.93. The van der Waals surface area contributed by atoms with E-state index >= 15 is 0 Å². The minimum absolute atomic E-state index is 0.417. The molecule has 0 bridgehead atoms. The van der Waals surface area contributed by atoms with Crippen LogP contribution in [0.5, 0.6) is 0 Å². The Labute approximate surface area is 56.2 Å². The second kappa shape index (κ2) is 3.98. The molecule has 0 fully saturated rings. The lowest BCUT2D eigenvalue weighted by molar-refractivity contribution is 0.381. The van der Waals surface area contributed by atoms with Crippen molar-refractivity contribution in [3.8, 4) is 0 Å². The second-order valence-corrected chi connectivity index (χ2v) is 1.95. The van der Waals surface area contributed by atoms with Crippen LogP contribution in [0.25, 0.3) is 0 Å². The standard InChI is InChI=1S/CH2N4.H2O4S/c1-2-4-5-3-1;1-5(2,3)4/h1H2;(H2,1,2,3,4). The number of nitrogens with zero attached hydrogens (tertiary/aromatic N) is 4. The van der Waals surface area contributed by atoms with Gasteiger partial charge in [-0.25, -0.2) is 0 Å². The van der Waals surface area contributed by atoms with Crippen LogP contribution in [0.2, 0.25) is 0 Å². The van der Waals surface area contributed by atoms with Crippen LogP contribution in [0.3, 0.4) is 0 Å². The van der Waals surface area contributed by atoms with E-state index in [1.54, 1.807) is 0 Å². The molecule has 0 saturated carbocycles. The Bertz CT molecular complexity index is 210. The lowest BCUT2D eigenvalue weighted by atomic mass is 11.2. The van der Waals surface area contributed by atoms with Crippen LogP contribution in [0.4, 0.5) is 0 Å².